The zero-order valence-electron chi connectivity index (χ0n) is 15.1. The lowest BCUT2D eigenvalue weighted by Gasteiger charge is -2.34. The van der Waals surface area contributed by atoms with E-state index in [-0.39, 0.29) is 5.91 Å². The van der Waals surface area contributed by atoms with Crippen LogP contribution < -0.4 is 9.80 Å². The molecular weight excluding hydrogens is 344 g/mol. The molecule has 1 aliphatic heterocycles. The number of carbonyl (C=O) groups is 1. The van der Waals surface area contributed by atoms with Crippen LogP contribution in [0.2, 0.25) is 0 Å². The van der Waals surface area contributed by atoms with Crippen LogP contribution in [0, 0.1) is 0 Å². The van der Waals surface area contributed by atoms with Gasteiger partial charge in [-0.25, -0.2) is 4.98 Å². The average Bonchev–Trinajstić information content (AvgIpc) is 3.12. The van der Waals surface area contributed by atoms with Gasteiger partial charge >= 0.3 is 0 Å². The lowest BCUT2D eigenvalue weighted by atomic mass is 10.1. The van der Waals surface area contributed by atoms with Crippen molar-refractivity contribution in [1.29, 1.82) is 0 Å². The summed E-state index contributed by atoms with van der Waals surface area (Å²) in [6.07, 6.45) is 0. The van der Waals surface area contributed by atoms with E-state index < -0.39 is 0 Å². The average molecular weight is 366 g/mol. The predicted octanol–water partition coefficient (Wildman–Crippen LogP) is 3.32. The van der Waals surface area contributed by atoms with Crippen LogP contribution in [0.15, 0.2) is 48.5 Å². The van der Waals surface area contributed by atoms with Crippen molar-refractivity contribution in [2.75, 3.05) is 50.1 Å². The van der Waals surface area contributed by atoms with Crippen LogP contribution in [0.3, 0.4) is 0 Å². The molecule has 0 radical (unpaired) electrons. The predicted molar refractivity (Wildman–Crippen MR) is 109 cm³/mol. The van der Waals surface area contributed by atoms with Gasteiger partial charge in [0.05, 0.1) is 10.2 Å². The first kappa shape index (κ1) is 16.8. The summed E-state index contributed by atoms with van der Waals surface area (Å²) in [7, 11) is 4.00. The molecular formula is C20H22N4OS. The number of fused-ring (bicyclic) bond motifs is 1. The number of rotatable bonds is 3. The number of carbonyl (C=O) groups excluding carboxylic acids is 1. The Bertz CT molecular complexity index is 878. The lowest BCUT2D eigenvalue weighted by Crippen LogP contribution is -2.48. The molecule has 0 bridgehead atoms. The maximum atomic E-state index is 12.7. The van der Waals surface area contributed by atoms with Gasteiger partial charge in [0, 0.05) is 51.5 Å². The van der Waals surface area contributed by atoms with E-state index in [9.17, 15) is 4.79 Å². The van der Waals surface area contributed by atoms with Crippen molar-refractivity contribution in [2.24, 2.45) is 0 Å². The minimum Gasteiger partial charge on any atom is -0.378 e. The van der Waals surface area contributed by atoms with E-state index >= 15 is 0 Å². The molecule has 26 heavy (non-hydrogen) atoms. The summed E-state index contributed by atoms with van der Waals surface area (Å²) < 4.78 is 1.21. The highest BCUT2D eigenvalue weighted by molar-refractivity contribution is 7.22. The Hall–Kier alpha value is -2.60. The molecule has 2 aromatic carbocycles. The number of thiazole rings is 1. The van der Waals surface area contributed by atoms with E-state index in [0.717, 1.165) is 48.1 Å². The molecule has 0 unspecified atom stereocenters. The molecule has 6 heteroatoms. The monoisotopic (exact) mass is 366 g/mol. The summed E-state index contributed by atoms with van der Waals surface area (Å²) in [5.41, 5.74) is 2.90. The summed E-state index contributed by atoms with van der Waals surface area (Å²) in [5, 5.41) is 1.05. The Morgan fingerprint density at radius 3 is 2.35 bits per heavy atom. The third-order valence-corrected chi connectivity index (χ3v) is 5.85. The van der Waals surface area contributed by atoms with Crippen LogP contribution in [-0.4, -0.2) is 56.1 Å². The number of benzene rings is 2. The quantitative estimate of drug-likeness (QED) is 0.713. The summed E-state index contributed by atoms with van der Waals surface area (Å²) in [5.74, 6) is 0.110. The number of piperazine rings is 1. The molecule has 2 heterocycles. The maximum Gasteiger partial charge on any atom is 0.253 e. The smallest absolute Gasteiger partial charge is 0.253 e. The fourth-order valence-electron chi connectivity index (χ4n) is 3.18. The minimum atomic E-state index is 0.110. The second-order valence-corrected chi connectivity index (χ2v) is 7.69. The van der Waals surface area contributed by atoms with E-state index in [2.05, 4.69) is 11.0 Å². The molecule has 1 aliphatic rings. The van der Waals surface area contributed by atoms with E-state index in [0.29, 0.717) is 0 Å². The molecule has 5 nitrogen and oxygen atoms in total. The third-order valence-electron chi connectivity index (χ3n) is 4.75. The second kappa shape index (κ2) is 6.96. The fraction of sp³-hybridized carbons (Fsp3) is 0.300. The Morgan fingerprint density at radius 2 is 1.69 bits per heavy atom. The standard InChI is InChI=1S/C20H22N4OS/c1-22(2)16-9-7-15(8-10-16)19(25)23-11-13-24(14-12-23)20-21-17-5-3-4-6-18(17)26-20/h3-10H,11-14H2,1-2H3. The van der Waals surface area contributed by atoms with Gasteiger partial charge in [-0.05, 0) is 36.4 Å². The maximum absolute atomic E-state index is 12.7. The van der Waals surface area contributed by atoms with Gasteiger partial charge in [0.15, 0.2) is 5.13 Å². The largest absolute Gasteiger partial charge is 0.378 e. The van der Waals surface area contributed by atoms with E-state index in [1.807, 2.05) is 66.4 Å². The Labute approximate surface area is 157 Å². The molecule has 1 saturated heterocycles. The number of anilines is 2. The van der Waals surface area contributed by atoms with Crippen molar-refractivity contribution in [1.82, 2.24) is 9.88 Å². The Kier molecular flexibility index (Phi) is 4.51. The molecule has 4 rings (SSSR count). The van der Waals surface area contributed by atoms with Gasteiger partial charge in [0.1, 0.15) is 0 Å². The number of nitrogens with zero attached hydrogens (tertiary/aromatic N) is 4. The molecule has 1 fully saturated rings. The SMILES string of the molecule is CN(C)c1ccc(C(=O)N2CCN(c3nc4ccccc4s3)CC2)cc1. The van der Waals surface area contributed by atoms with Gasteiger partial charge < -0.3 is 14.7 Å². The van der Waals surface area contributed by atoms with E-state index in [4.69, 9.17) is 4.98 Å². The molecule has 0 spiro atoms. The Balaban J connectivity index is 1.41. The summed E-state index contributed by atoms with van der Waals surface area (Å²) >= 11 is 1.72. The number of hydrogen-bond donors (Lipinski definition) is 0. The van der Waals surface area contributed by atoms with Crippen LogP contribution in [0.1, 0.15) is 10.4 Å². The first-order valence-electron chi connectivity index (χ1n) is 8.79. The minimum absolute atomic E-state index is 0.110. The lowest BCUT2D eigenvalue weighted by molar-refractivity contribution is 0.0747. The van der Waals surface area contributed by atoms with Crippen molar-refractivity contribution >= 4 is 38.3 Å². The zero-order chi connectivity index (χ0) is 18.1. The normalized spacial score (nSPS) is 14.7. The molecule has 0 atom stereocenters. The van der Waals surface area contributed by atoms with Crippen LogP contribution in [0.5, 0.6) is 0 Å². The summed E-state index contributed by atoms with van der Waals surface area (Å²) in [4.78, 5) is 23.7. The van der Waals surface area contributed by atoms with Crippen molar-refractivity contribution in [3.8, 4) is 0 Å². The number of aromatic nitrogens is 1. The number of hydrogen-bond acceptors (Lipinski definition) is 5. The van der Waals surface area contributed by atoms with E-state index in [1.54, 1.807) is 11.3 Å². The summed E-state index contributed by atoms with van der Waals surface area (Å²) in [6.45, 7) is 3.09. The van der Waals surface area contributed by atoms with Crippen LogP contribution in [0.25, 0.3) is 10.2 Å². The first-order valence-corrected chi connectivity index (χ1v) is 9.60. The highest BCUT2D eigenvalue weighted by Crippen LogP contribution is 2.29. The molecule has 0 saturated carbocycles. The summed E-state index contributed by atoms with van der Waals surface area (Å²) in [6, 6.07) is 16.0. The van der Waals surface area contributed by atoms with Crippen LogP contribution >= 0.6 is 11.3 Å². The van der Waals surface area contributed by atoms with Crippen LogP contribution in [-0.2, 0) is 0 Å². The van der Waals surface area contributed by atoms with Gasteiger partial charge in [-0.1, -0.05) is 23.5 Å². The topological polar surface area (TPSA) is 39.7 Å². The van der Waals surface area contributed by atoms with Crippen molar-refractivity contribution in [3.63, 3.8) is 0 Å². The molecule has 0 aliphatic carbocycles. The van der Waals surface area contributed by atoms with Gasteiger partial charge in [-0.2, -0.15) is 0 Å². The third kappa shape index (κ3) is 3.24. The van der Waals surface area contributed by atoms with Crippen molar-refractivity contribution in [3.05, 3.63) is 54.1 Å². The fourth-order valence-corrected chi connectivity index (χ4v) is 4.20. The second-order valence-electron chi connectivity index (χ2n) is 6.68. The molecule has 1 aromatic heterocycles. The highest BCUT2D eigenvalue weighted by atomic mass is 32.1. The highest BCUT2D eigenvalue weighted by Gasteiger charge is 2.23. The van der Waals surface area contributed by atoms with Crippen molar-refractivity contribution in [2.45, 2.75) is 0 Å². The molecule has 0 N–H and O–H groups in total. The van der Waals surface area contributed by atoms with Crippen molar-refractivity contribution < 1.29 is 4.79 Å². The number of para-hydroxylation sites is 1. The molecule has 3 aromatic rings. The Morgan fingerprint density at radius 1 is 1.00 bits per heavy atom. The zero-order valence-corrected chi connectivity index (χ0v) is 15.9. The van der Waals surface area contributed by atoms with Crippen LogP contribution in [0.4, 0.5) is 10.8 Å². The molecule has 134 valence electrons. The van der Waals surface area contributed by atoms with Gasteiger partial charge in [0.25, 0.3) is 5.91 Å². The van der Waals surface area contributed by atoms with Gasteiger partial charge in [-0.15, -0.1) is 0 Å². The first-order chi connectivity index (χ1) is 12.6. The molecule has 1 amide bonds. The van der Waals surface area contributed by atoms with Gasteiger partial charge in [-0.3, -0.25) is 4.79 Å². The van der Waals surface area contributed by atoms with Gasteiger partial charge in [0.2, 0.25) is 0 Å². The van der Waals surface area contributed by atoms with E-state index in [1.165, 1.54) is 4.70 Å². The number of amides is 1.